The summed E-state index contributed by atoms with van der Waals surface area (Å²) in [5.41, 5.74) is 0. The van der Waals surface area contributed by atoms with Crippen LogP contribution in [0.25, 0.3) is 0 Å². The third-order valence-electron chi connectivity index (χ3n) is 2.79. The van der Waals surface area contributed by atoms with E-state index in [1.54, 1.807) is 0 Å². The maximum Gasteiger partial charge on any atom is -0.00489 e. The van der Waals surface area contributed by atoms with Gasteiger partial charge >= 0.3 is 0 Å². The SMILES string of the molecule is CCCCNCCCCC(C)CCC. The van der Waals surface area contributed by atoms with Gasteiger partial charge in [-0.3, -0.25) is 0 Å². The molecule has 0 aromatic carbocycles. The molecule has 1 atom stereocenters. The van der Waals surface area contributed by atoms with Gasteiger partial charge in [-0.05, 0) is 31.8 Å². The normalized spacial score (nSPS) is 13.1. The number of hydrogen-bond acceptors (Lipinski definition) is 1. The molecule has 0 rings (SSSR count). The highest BCUT2D eigenvalue weighted by molar-refractivity contribution is 4.54. The zero-order valence-corrected chi connectivity index (χ0v) is 10.4. The van der Waals surface area contributed by atoms with Crippen molar-refractivity contribution >= 4 is 0 Å². The molecule has 0 aliphatic rings. The van der Waals surface area contributed by atoms with Crippen LogP contribution in [0.5, 0.6) is 0 Å². The summed E-state index contributed by atoms with van der Waals surface area (Å²) in [6.45, 7) is 9.34. The zero-order valence-electron chi connectivity index (χ0n) is 10.4. The van der Waals surface area contributed by atoms with Crippen LogP contribution in [0.15, 0.2) is 0 Å². The summed E-state index contributed by atoms with van der Waals surface area (Å²) in [5.74, 6) is 0.940. The van der Waals surface area contributed by atoms with Crippen LogP contribution in [0.4, 0.5) is 0 Å². The molecule has 86 valence electrons. The fraction of sp³-hybridized carbons (Fsp3) is 1.00. The van der Waals surface area contributed by atoms with Gasteiger partial charge in [-0.15, -0.1) is 0 Å². The Morgan fingerprint density at radius 3 is 2.21 bits per heavy atom. The van der Waals surface area contributed by atoms with E-state index in [9.17, 15) is 0 Å². The van der Waals surface area contributed by atoms with Crippen molar-refractivity contribution in [1.29, 1.82) is 0 Å². The first kappa shape index (κ1) is 14.0. The minimum atomic E-state index is 0.940. The predicted octanol–water partition coefficient (Wildman–Crippen LogP) is 3.98. The highest BCUT2D eigenvalue weighted by Crippen LogP contribution is 2.12. The molecule has 0 bridgehead atoms. The number of hydrogen-bond donors (Lipinski definition) is 1. The summed E-state index contributed by atoms with van der Waals surface area (Å²) >= 11 is 0. The quantitative estimate of drug-likeness (QED) is 0.525. The molecule has 1 unspecified atom stereocenters. The van der Waals surface area contributed by atoms with Crippen LogP contribution in [0.2, 0.25) is 0 Å². The van der Waals surface area contributed by atoms with E-state index >= 15 is 0 Å². The van der Waals surface area contributed by atoms with Gasteiger partial charge in [0.05, 0.1) is 0 Å². The van der Waals surface area contributed by atoms with E-state index in [0.29, 0.717) is 0 Å². The first-order valence-corrected chi connectivity index (χ1v) is 6.52. The first-order valence-electron chi connectivity index (χ1n) is 6.52. The Morgan fingerprint density at radius 1 is 0.857 bits per heavy atom. The molecule has 14 heavy (non-hydrogen) atoms. The van der Waals surface area contributed by atoms with E-state index < -0.39 is 0 Å². The molecule has 0 aromatic rings. The summed E-state index contributed by atoms with van der Waals surface area (Å²) in [6.07, 6.45) is 9.56. The van der Waals surface area contributed by atoms with Gasteiger partial charge < -0.3 is 5.32 Å². The molecule has 0 radical (unpaired) electrons. The second kappa shape index (κ2) is 11.0. The van der Waals surface area contributed by atoms with Crippen LogP contribution in [-0.4, -0.2) is 13.1 Å². The molecule has 1 N–H and O–H groups in total. The van der Waals surface area contributed by atoms with Gasteiger partial charge in [0.15, 0.2) is 0 Å². The maximum absolute atomic E-state index is 3.49. The van der Waals surface area contributed by atoms with Crippen LogP contribution < -0.4 is 5.32 Å². The van der Waals surface area contributed by atoms with Crippen LogP contribution in [0.3, 0.4) is 0 Å². The van der Waals surface area contributed by atoms with E-state index in [-0.39, 0.29) is 0 Å². The highest BCUT2D eigenvalue weighted by Gasteiger charge is 1.99. The lowest BCUT2D eigenvalue weighted by atomic mass is 9.99. The standard InChI is InChI=1S/C13H29N/c1-4-6-11-14-12-8-7-10-13(3)9-5-2/h13-14H,4-12H2,1-3H3. The van der Waals surface area contributed by atoms with E-state index in [2.05, 4.69) is 26.1 Å². The Hall–Kier alpha value is -0.0400. The van der Waals surface area contributed by atoms with Crippen molar-refractivity contribution in [2.75, 3.05) is 13.1 Å². The molecule has 0 saturated heterocycles. The summed E-state index contributed by atoms with van der Waals surface area (Å²) in [7, 11) is 0. The fourth-order valence-corrected chi connectivity index (χ4v) is 1.81. The minimum Gasteiger partial charge on any atom is -0.317 e. The van der Waals surface area contributed by atoms with Crippen molar-refractivity contribution in [3.63, 3.8) is 0 Å². The zero-order chi connectivity index (χ0) is 10.6. The minimum absolute atomic E-state index is 0.940. The summed E-state index contributed by atoms with van der Waals surface area (Å²) in [5, 5.41) is 3.49. The van der Waals surface area contributed by atoms with Gasteiger partial charge in [0.25, 0.3) is 0 Å². The van der Waals surface area contributed by atoms with E-state index in [0.717, 1.165) is 5.92 Å². The number of nitrogens with one attached hydrogen (secondary N) is 1. The molecule has 1 heteroatoms. The van der Waals surface area contributed by atoms with Crippen molar-refractivity contribution in [2.45, 2.75) is 65.7 Å². The molecule has 0 aliphatic carbocycles. The first-order chi connectivity index (χ1) is 6.81. The van der Waals surface area contributed by atoms with Gasteiger partial charge in [-0.2, -0.15) is 0 Å². The molecular formula is C13H29N. The van der Waals surface area contributed by atoms with E-state index in [1.165, 1.54) is 58.0 Å². The van der Waals surface area contributed by atoms with E-state index in [1.807, 2.05) is 0 Å². The van der Waals surface area contributed by atoms with Gasteiger partial charge in [-0.1, -0.05) is 52.9 Å². The van der Waals surface area contributed by atoms with Crippen molar-refractivity contribution in [1.82, 2.24) is 5.32 Å². The second-order valence-corrected chi connectivity index (χ2v) is 4.49. The summed E-state index contributed by atoms with van der Waals surface area (Å²) < 4.78 is 0. The molecule has 0 fully saturated rings. The molecule has 1 nitrogen and oxygen atoms in total. The average molecular weight is 199 g/mol. The predicted molar refractivity (Wildman–Crippen MR) is 65.7 cm³/mol. The third kappa shape index (κ3) is 10.0. The van der Waals surface area contributed by atoms with Crippen molar-refractivity contribution in [3.05, 3.63) is 0 Å². The molecule has 0 aromatic heterocycles. The van der Waals surface area contributed by atoms with E-state index in [4.69, 9.17) is 0 Å². The molecular weight excluding hydrogens is 170 g/mol. The topological polar surface area (TPSA) is 12.0 Å². The van der Waals surface area contributed by atoms with Crippen LogP contribution in [0, 0.1) is 5.92 Å². The fourth-order valence-electron chi connectivity index (χ4n) is 1.81. The average Bonchev–Trinajstić information content (AvgIpc) is 2.17. The Bertz CT molecular complexity index is 101. The van der Waals surface area contributed by atoms with Crippen LogP contribution in [-0.2, 0) is 0 Å². The third-order valence-corrected chi connectivity index (χ3v) is 2.79. The van der Waals surface area contributed by atoms with Crippen molar-refractivity contribution in [2.24, 2.45) is 5.92 Å². The van der Waals surface area contributed by atoms with Gasteiger partial charge in [-0.25, -0.2) is 0 Å². The van der Waals surface area contributed by atoms with Crippen molar-refractivity contribution < 1.29 is 0 Å². The van der Waals surface area contributed by atoms with Crippen LogP contribution in [0.1, 0.15) is 65.7 Å². The lowest BCUT2D eigenvalue weighted by Crippen LogP contribution is -2.16. The number of rotatable bonds is 10. The van der Waals surface area contributed by atoms with Crippen LogP contribution >= 0.6 is 0 Å². The summed E-state index contributed by atoms with van der Waals surface area (Å²) in [4.78, 5) is 0. The molecule has 0 saturated carbocycles. The Morgan fingerprint density at radius 2 is 1.57 bits per heavy atom. The molecule has 0 aliphatic heterocycles. The van der Waals surface area contributed by atoms with Gasteiger partial charge in [0, 0.05) is 0 Å². The second-order valence-electron chi connectivity index (χ2n) is 4.49. The lowest BCUT2D eigenvalue weighted by molar-refractivity contribution is 0.454. The monoisotopic (exact) mass is 199 g/mol. The largest absolute Gasteiger partial charge is 0.317 e. The van der Waals surface area contributed by atoms with Gasteiger partial charge in [0.1, 0.15) is 0 Å². The summed E-state index contributed by atoms with van der Waals surface area (Å²) in [6, 6.07) is 0. The van der Waals surface area contributed by atoms with Gasteiger partial charge in [0.2, 0.25) is 0 Å². The number of unbranched alkanes of at least 4 members (excludes halogenated alkanes) is 2. The Kier molecular flexibility index (Phi) is 11.0. The Balaban J connectivity index is 2.98. The molecule has 0 heterocycles. The maximum atomic E-state index is 3.49. The molecule has 0 amide bonds. The highest BCUT2D eigenvalue weighted by atomic mass is 14.8. The molecule has 0 spiro atoms. The Labute approximate surface area is 90.7 Å². The smallest absolute Gasteiger partial charge is 0.00489 e. The van der Waals surface area contributed by atoms with Crippen molar-refractivity contribution in [3.8, 4) is 0 Å². The lowest BCUT2D eigenvalue weighted by Gasteiger charge is -2.09.